The topological polar surface area (TPSA) is 84.2 Å². The lowest BCUT2D eigenvalue weighted by Gasteiger charge is -2.27. The molecule has 0 unspecified atom stereocenters. The molecular weight excluding hydrogens is 220 g/mol. The Hall–Kier alpha value is -1.56. The standard InChI is InChI=1S/C11H18N4O2/c1-15(7-8-2-4-17-5-3-8)11(16)9-6-13-14-10(9)12/h6,8H,2-5,7H2,1H3,(H3,12,13,14). The molecule has 1 saturated heterocycles. The molecule has 0 aromatic carbocycles. The molecule has 0 radical (unpaired) electrons. The van der Waals surface area contributed by atoms with E-state index in [1.54, 1.807) is 11.9 Å². The zero-order valence-electron chi connectivity index (χ0n) is 9.98. The van der Waals surface area contributed by atoms with Crippen LogP contribution in [0, 0.1) is 5.92 Å². The average molecular weight is 238 g/mol. The van der Waals surface area contributed by atoms with E-state index in [9.17, 15) is 4.79 Å². The molecule has 17 heavy (non-hydrogen) atoms. The number of hydrogen-bond acceptors (Lipinski definition) is 4. The Labute approximate surface area is 100 Å². The Bertz CT molecular complexity index is 385. The molecule has 6 heteroatoms. The van der Waals surface area contributed by atoms with Gasteiger partial charge in [-0.1, -0.05) is 0 Å². The predicted octanol–water partition coefficient (Wildman–Crippen LogP) is 0.491. The molecule has 1 aliphatic heterocycles. The number of hydrogen-bond donors (Lipinski definition) is 2. The van der Waals surface area contributed by atoms with Gasteiger partial charge in [0.15, 0.2) is 0 Å². The van der Waals surface area contributed by atoms with Crippen molar-refractivity contribution in [1.29, 1.82) is 0 Å². The number of nitrogens with one attached hydrogen (secondary N) is 1. The van der Waals surface area contributed by atoms with Crippen LogP contribution >= 0.6 is 0 Å². The maximum Gasteiger partial charge on any atom is 0.258 e. The molecule has 0 spiro atoms. The first-order valence-corrected chi connectivity index (χ1v) is 5.80. The van der Waals surface area contributed by atoms with E-state index in [-0.39, 0.29) is 5.91 Å². The fourth-order valence-corrected chi connectivity index (χ4v) is 2.07. The van der Waals surface area contributed by atoms with Gasteiger partial charge in [-0.15, -0.1) is 0 Å². The van der Waals surface area contributed by atoms with Gasteiger partial charge in [0.1, 0.15) is 11.4 Å². The fourth-order valence-electron chi connectivity index (χ4n) is 2.07. The van der Waals surface area contributed by atoms with Crippen LogP contribution in [-0.2, 0) is 4.74 Å². The van der Waals surface area contributed by atoms with Crippen LogP contribution in [0.2, 0.25) is 0 Å². The molecule has 2 heterocycles. The summed E-state index contributed by atoms with van der Waals surface area (Å²) in [5.74, 6) is 0.766. The van der Waals surface area contributed by atoms with E-state index in [1.165, 1.54) is 6.20 Å². The van der Waals surface area contributed by atoms with Crippen LogP contribution in [-0.4, -0.2) is 47.8 Å². The monoisotopic (exact) mass is 238 g/mol. The van der Waals surface area contributed by atoms with Crippen molar-refractivity contribution in [3.8, 4) is 0 Å². The largest absolute Gasteiger partial charge is 0.383 e. The molecule has 1 aromatic rings. The second kappa shape index (κ2) is 5.18. The minimum atomic E-state index is -0.0808. The number of carbonyl (C=O) groups is 1. The van der Waals surface area contributed by atoms with E-state index in [2.05, 4.69) is 10.2 Å². The number of nitrogen functional groups attached to an aromatic ring is 1. The molecule has 1 amide bonds. The fraction of sp³-hybridized carbons (Fsp3) is 0.636. The summed E-state index contributed by atoms with van der Waals surface area (Å²) in [4.78, 5) is 13.8. The predicted molar refractivity (Wildman–Crippen MR) is 63.5 cm³/mol. The van der Waals surface area contributed by atoms with E-state index >= 15 is 0 Å². The number of rotatable bonds is 3. The Morgan fingerprint density at radius 1 is 1.65 bits per heavy atom. The minimum absolute atomic E-state index is 0.0808. The van der Waals surface area contributed by atoms with E-state index in [4.69, 9.17) is 10.5 Å². The van der Waals surface area contributed by atoms with Gasteiger partial charge in [-0.05, 0) is 18.8 Å². The molecule has 94 valence electrons. The summed E-state index contributed by atoms with van der Waals surface area (Å²) < 4.78 is 5.29. The Morgan fingerprint density at radius 2 is 2.35 bits per heavy atom. The third-order valence-corrected chi connectivity index (χ3v) is 3.12. The number of nitrogens with zero attached hydrogens (tertiary/aromatic N) is 2. The van der Waals surface area contributed by atoms with Crippen LogP contribution in [0.15, 0.2) is 6.20 Å². The van der Waals surface area contributed by atoms with Gasteiger partial charge < -0.3 is 15.4 Å². The molecule has 2 rings (SSSR count). The van der Waals surface area contributed by atoms with Crippen molar-refractivity contribution in [2.24, 2.45) is 5.92 Å². The maximum atomic E-state index is 12.1. The number of aromatic nitrogens is 2. The molecule has 1 aliphatic rings. The Kier molecular flexibility index (Phi) is 3.63. The average Bonchev–Trinajstić information content (AvgIpc) is 2.76. The van der Waals surface area contributed by atoms with Crippen molar-refractivity contribution in [3.05, 3.63) is 11.8 Å². The lowest BCUT2D eigenvalue weighted by atomic mass is 10.00. The van der Waals surface area contributed by atoms with Gasteiger partial charge in [-0.25, -0.2) is 0 Å². The molecule has 0 bridgehead atoms. The molecule has 1 fully saturated rings. The first-order chi connectivity index (χ1) is 8.18. The summed E-state index contributed by atoms with van der Waals surface area (Å²) in [6, 6.07) is 0. The second-order valence-corrected chi connectivity index (χ2v) is 4.44. The van der Waals surface area contributed by atoms with Crippen LogP contribution in [0.25, 0.3) is 0 Å². The van der Waals surface area contributed by atoms with E-state index in [1.807, 2.05) is 0 Å². The quantitative estimate of drug-likeness (QED) is 0.802. The maximum absolute atomic E-state index is 12.1. The Morgan fingerprint density at radius 3 is 2.94 bits per heavy atom. The van der Waals surface area contributed by atoms with E-state index < -0.39 is 0 Å². The number of anilines is 1. The first-order valence-electron chi connectivity index (χ1n) is 5.80. The summed E-state index contributed by atoms with van der Waals surface area (Å²) in [5.41, 5.74) is 6.07. The van der Waals surface area contributed by atoms with Crippen LogP contribution < -0.4 is 5.73 Å². The minimum Gasteiger partial charge on any atom is -0.383 e. The van der Waals surface area contributed by atoms with Crippen LogP contribution in [0.4, 0.5) is 5.82 Å². The third kappa shape index (κ3) is 2.76. The molecular formula is C11H18N4O2. The van der Waals surface area contributed by atoms with Crippen molar-refractivity contribution in [2.45, 2.75) is 12.8 Å². The highest BCUT2D eigenvalue weighted by molar-refractivity contribution is 5.97. The number of carbonyl (C=O) groups excluding carboxylic acids is 1. The summed E-state index contributed by atoms with van der Waals surface area (Å²) in [6.45, 7) is 2.33. The smallest absolute Gasteiger partial charge is 0.258 e. The number of nitrogens with two attached hydrogens (primary N) is 1. The normalized spacial score (nSPS) is 17.0. The van der Waals surface area contributed by atoms with Gasteiger partial charge >= 0.3 is 0 Å². The number of H-pyrrole nitrogens is 1. The lowest BCUT2D eigenvalue weighted by molar-refractivity contribution is 0.0497. The van der Waals surface area contributed by atoms with Crippen molar-refractivity contribution >= 4 is 11.7 Å². The van der Waals surface area contributed by atoms with Crippen molar-refractivity contribution in [1.82, 2.24) is 15.1 Å². The van der Waals surface area contributed by atoms with E-state index in [0.717, 1.165) is 32.6 Å². The van der Waals surface area contributed by atoms with E-state index in [0.29, 0.717) is 17.3 Å². The zero-order valence-corrected chi connectivity index (χ0v) is 9.98. The molecule has 0 aliphatic carbocycles. The van der Waals surface area contributed by atoms with Crippen LogP contribution in [0.1, 0.15) is 23.2 Å². The highest BCUT2D eigenvalue weighted by Gasteiger charge is 2.21. The van der Waals surface area contributed by atoms with Gasteiger partial charge in [0.25, 0.3) is 5.91 Å². The summed E-state index contributed by atoms with van der Waals surface area (Å²) in [5, 5.41) is 6.32. The molecule has 3 N–H and O–H groups in total. The van der Waals surface area contributed by atoms with Crippen molar-refractivity contribution < 1.29 is 9.53 Å². The molecule has 0 atom stereocenters. The third-order valence-electron chi connectivity index (χ3n) is 3.12. The summed E-state index contributed by atoms with van der Waals surface area (Å²) in [6.07, 6.45) is 3.50. The highest BCUT2D eigenvalue weighted by atomic mass is 16.5. The zero-order chi connectivity index (χ0) is 12.3. The molecule has 1 aromatic heterocycles. The number of amides is 1. The van der Waals surface area contributed by atoms with Gasteiger partial charge in [0.2, 0.25) is 0 Å². The van der Waals surface area contributed by atoms with Gasteiger partial charge in [-0.3, -0.25) is 9.89 Å². The van der Waals surface area contributed by atoms with Crippen molar-refractivity contribution in [3.63, 3.8) is 0 Å². The first kappa shape index (κ1) is 11.9. The summed E-state index contributed by atoms with van der Waals surface area (Å²) >= 11 is 0. The van der Waals surface area contributed by atoms with Gasteiger partial charge in [-0.2, -0.15) is 5.10 Å². The van der Waals surface area contributed by atoms with Gasteiger partial charge in [0, 0.05) is 26.8 Å². The van der Waals surface area contributed by atoms with Crippen molar-refractivity contribution in [2.75, 3.05) is 32.5 Å². The SMILES string of the molecule is CN(CC1CCOCC1)C(=O)c1cn[nH]c1N. The molecule has 0 saturated carbocycles. The number of ether oxygens (including phenoxy) is 1. The summed E-state index contributed by atoms with van der Waals surface area (Å²) in [7, 11) is 1.80. The molecule has 6 nitrogen and oxygen atoms in total. The number of aromatic amines is 1. The highest BCUT2D eigenvalue weighted by Crippen LogP contribution is 2.17. The lowest BCUT2D eigenvalue weighted by Crippen LogP contribution is -2.34. The van der Waals surface area contributed by atoms with Crippen LogP contribution in [0.3, 0.4) is 0 Å². The second-order valence-electron chi connectivity index (χ2n) is 4.44. The van der Waals surface area contributed by atoms with Crippen LogP contribution in [0.5, 0.6) is 0 Å². The Balaban J connectivity index is 1.93. The van der Waals surface area contributed by atoms with Gasteiger partial charge in [0.05, 0.1) is 6.20 Å².